The lowest BCUT2D eigenvalue weighted by Crippen LogP contribution is -2.19. The molecule has 1 saturated heterocycles. The van der Waals surface area contributed by atoms with Crippen molar-refractivity contribution in [3.63, 3.8) is 0 Å². The number of hydrogen-bond donors (Lipinski definition) is 1. The lowest BCUT2D eigenvalue weighted by atomic mass is 9.99. The van der Waals surface area contributed by atoms with E-state index in [1.807, 2.05) is 24.3 Å². The number of aromatic amines is 1. The van der Waals surface area contributed by atoms with E-state index in [4.69, 9.17) is 4.74 Å². The maximum atomic E-state index is 12.2. The Kier molecular flexibility index (Phi) is 3.48. The average molecular weight is 269 g/mol. The SMILES string of the molecule is N#C[C@H](C(=O)C[C@@H]1CCCO1)c1nc2ccccc2[nH]1. The molecule has 0 aliphatic carbocycles. The van der Waals surface area contributed by atoms with E-state index in [-0.39, 0.29) is 18.3 Å². The standard InChI is InChI=1S/C15H15N3O2/c16-9-11(14(19)8-10-4-3-7-20-10)15-17-12-5-1-2-6-13(12)18-15/h1-2,5-6,10-11H,3-4,7-8H2,(H,17,18)/t10-,11+/m0/s1. The number of para-hydroxylation sites is 2. The molecule has 20 heavy (non-hydrogen) atoms. The van der Waals surface area contributed by atoms with Crippen LogP contribution in [0.4, 0.5) is 0 Å². The highest BCUT2D eigenvalue weighted by Crippen LogP contribution is 2.23. The van der Waals surface area contributed by atoms with Crippen LogP contribution in [0.3, 0.4) is 0 Å². The van der Waals surface area contributed by atoms with E-state index >= 15 is 0 Å². The summed E-state index contributed by atoms with van der Waals surface area (Å²) >= 11 is 0. The number of carbonyl (C=O) groups is 1. The van der Waals surface area contributed by atoms with Gasteiger partial charge in [0.25, 0.3) is 0 Å². The number of ketones is 1. The molecule has 2 heterocycles. The van der Waals surface area contributed by atoms with Crippen molar-refractivity contribution >= 4 is 16.8 Å². The molecule has 0 saturated carbocycles. The Hall–Kier alpha value is -2.19. The van der Waals surface area contributed by atoms with Crippen LogP contribution in [0.1, 0.15) is 31.0 Å². The average Bonchev–Trinajstić information content (AvgIpc) is 3.08. The Labute approximate surface area is 116 Å². The minimum absolute atomic E-state index is 0.0391. The van der Waals surface area contributed by atoms with Gasteiger partial charge in [0.05, 0.1) is 23.2 Å². The molecule has 0 radical (unpaired) electrons. The molecule has 1 N–H and O–H groups in total. The molecule has 2 atom stereocenters. The van der Waals surface area contributed by atoms with Crippen molar-refractivity contribution in [2.75, 3.05) is 6.61 Å². The molecule has 0 bridgehead atoms. The third-order valence-electron chi connectivity index (χ3n) is 3.59. The Morgan fingerprint density at radius 1 is 1.55 bits per heavy atom. The molecule has 5 nitrogen and oxygen atoms in total. The monoisotopic (exact) mass is 269 g/mol. The molecule has 1 fully saturated rings. The molecule has 1 aliphatic heterocycles. The molecule has 1 aliphatic rings. The lowest BCUT2D eigenvalue weighted by molar-refractivity contribution is -0.121. The second-order valence-electron chi connectivity index (χ2n) is 5.01. The number of aromatic nitrogens is 2. The predicted octanol–water partition coefficient (Wildman–Crippen LogP) is 2.31. The number of benzene rings is 1. The molecule has 0 spiro atoms. The Balaban J connectivity index is 1.81. The number of nitrogens with zero attached hydrogens (tertiary/aromatic N) is 2. The van der Waals surface area contributed by atoms with Crippen LogP contribution in [0, 0.1) is 11.3 Å². The van der Waals surface area contributed by atoms with Crippen molar-refractivity contribution in [1.29, 1.82) is 5.26 Å². The van der Waals surface area contributed by atoms with E-state index < -0.39 is 5.92 Å². The van der Waals surface area contributed by atoms with Gasteiger partial charge in [-0.25, -0.2) is 4.98 Å². The minimum Gasteiger partial charge on any atom is -0.378 e. The highest BCUT2D eigenvalue weighted by Gasteiger charge is 2.28. The summed E-state index contributed by atoms with van der Waals surface area (Å²) in [6, 6.07) is 9.56. The zero-order valence-corrected chi connectivity index (χ0v) is 11.0. The summed E-state index contributed by atoms with van der Waals surface area (Å²) in [5.74, 6) is -0.540. The summed E-state index contributed by atoms with van der Waals surface area (Å²) in [7, 11) is 0. The number of fused-ring (bicyclic) bond motifs is 1. The third kappa shape index (κ3) is 2.43. The van der Waals surface area contributed by atoms with Gasteiger partial charge in [-0.3, -0.25) is 4.79 Å². The number of carbonyl (C=O) groups excluding carboxylic acids is 1. The van der Waals surface area contributed by atoms with Crippen molar-refractivity contribution in [3.05, 3.63) is 30.1 Å². The van der Waals surface area contributed by atoms with Gasteiger partial charge < -0.3 is 9.72 Å². The van der Waals surface area contributed by atoms with E-state index in [1.54, 1.807) is 0 Å². The fraction of sp³-hybridized carbons (Fsp3) is 0.400. The van der Waals surface area contributed by atoms with Gasteiger partial charge in [-0.05, 0) is 25.0 Å². The zero-order chi connectivity index (χ0) is 13.9. The molecule has 0 amide bonds. The normalized spacial score (nSPS) is 19.9. The van der Waals surface area contributed by atoms with E-state index in [0.717, 1.165) is 23.9 Å². The smallest absolute Gasteiger partial charge is 0.162 e. The summed E-state index contributed by atoms with van der Waals surface area (Å²) in [4.78, 5) is 19.6. The highest BCUT2D eigenvalue weighted by molar-refractivity contribution is 5.89. The van der Waals surface area contributed by atoms with Gasteiger partial charge in [-0.2, -0.15) is 5.26 Å². The number of hydrogen-bond acceptors (Lipinski definition) is 4. The summed E-state index contributed by atoms with van der Waals surface area (Å²) in [5.41, 5.74) is 1.61. The van der Waals surface area contributed by atoms with Crippen molar-refractivity contribution in [2.45, 2.75) is 31.3 Å². The van der Waals surface area contributed by atoms with Gasteiger partial charge in [0.15, 0.2) is 11.7 Å². The van der Waals surface area contributed by atoms with Gasteiger partial charge >= 0.3 is 0 Å². The first-order valence-electron chi connectivity index (χ1n) is 6.76. The number of nitrogens with one attached hydrogen (secondary N) is 1. The van der Waals surface area contributed by atoms with Crippen LogP contribution < -0.4 is 0 Å². The van der Waals surface area contributed by atoms with Crippen molar-refractivity contribution < 1.29 is 9.53 Å². The largest absolute Gasteiger partial charge is 0.378 e. The maximum absolute atomic E-state index is 12.2. The number of ether oxygens (including phenoxy) is 1. The minimum atomic E-state index is -0.841. The number of nitriles is 1. The van der Waals surface area contributed by atoms with Crippen molar-refractivity contribution in [2.24, 2.45) is 0 Å². The number of rotatable bonds is 4. The Morgan fingerprint density at radius 2 is 2.40 bits per heavy atom. The predicted molar refractivity (Wildman–Crippen MR) is 73.0 cm³/mol. The first-order valence-corrected chi connectivity index (χ1v) is 6.76. The van der Waals surface area contributed by atoms with Crippen LogP contribution in [-0.4, -0.2) is 28.5 Å². The van der Waals surface area contributed by atoms with Crippen LogP contribution in [0.5, 0.6) is 0 Å². The van der Waals surface area contributed by atoms with E-state index in [1.165, 1.54) is 0 Å². The summed E-state index contributed by atoms with van der Waals surface area (Å²) < 4.78 is 5.45. The van der Waals surface area contributed by atoms with Crippen LogP contribution in [-0.2, 0) is 9.53 Å². The van der Waals surface area contributed by atoms with Gasteiger partial charge in [0.2, 0.25) is 0 Å². The second-order valence-corrected chi connectivity index (χ2v) is 5.01. The first kappa shape index (κ1) is 12.8. The van der Waals surface area contributed by atoms with Crippen LogP contribution in [0.2, 0.25) is 0 Å². The zero-order valence-electron chi connectivity index (χ0n) is 11.0. The quantitative estimate of drug-likeness (QED) is 0.923. The third-order valence-corrected chi connectivity index (χ3v) is 3.59. The van der Waals surface area contributed by atoms with Crippen LogP contribution >= 0.6 is 0 Å². The van der Waals surface area contributed by atoms with Gasteiger partial charge in [0, 0.05) is 13.0 Å². The van der Waals surface area contributed by atoms with E-state index in [9.17, 15) is 10.1 Å². The topological polar surface area (TPSA) is 78.8 Å². The van der Waals surface area contributed by atoms with E-state index in [0.29, 0.717) is 12.4 Å². The molecule has 102 valence electrons. The van der Waals surface area contributed by atoms with Crippen LogP contribution in [0.25, 0.3) is 11.0 Å². The molecule has 1 aromatic carbocycles. The molecule has 1 aromatic heterocycles. The fourth-order valence-electron chi connectivity index (χ4n) is 2.54. The molecule has 0 unspecified atom stereocenters. The van der Waals surface area contributed by atoms with Crippen molar-refractivity contribution in [3.8, 4) is 6.07 Å². The summed E-state index contributed by atoms with van der Waals surface area (Å²) in [6.07, 6.45) is 2.13. The summed E-state index contributed by atoms with van der Waals surface area (Å²) in [5, 5.41) is 9.28. The van der Waals surface area contributed by atoms with Crippen molar-refractivity contribution in [1.82, 2.24) is 9.97 Å². The van der Waals surface area contributed by atoms with E-state index in [2.05, 4.69) is 16.0 Å². The number of H-pyrrole nitrogens is 1. The second kappa shape index (κ2) is 5.43. The lowest BCUT2D eigenvalue weighted by Gasteiger charge is -2.10. The summed E-state index contributed by atoms with van der Waals surface area (Å²) in [6.45, 7) is 0.708. The van der Waals surface area contributed by atoms with Gasteiger partial charge in [-0.1, -0.05) is 12.1 Å². The Bertz CT molecular complexity index is 632. The number of Topliss-reactive ketones (excluding diaryl/α,β-unsaturated/α-hetero) is 1. The van der Waals surface area contributed by atoms with Gasteiger partial charge in [-0.15, -0.1) is 0 Å². The van der Waals surface area contributed by atoms with Crippen LogP contribution in [0.15, 0.2) is 24.3 Å². The van der Waals surface area contributed by atoms with Gasteiger partial charge in [0.1, 0.15) is 5.82 Å². The fourth-order valence-corrected chi connectivity index (χ4v) is 2.54. The molecule has 5 heteroatoms. The Morgan fingerprint density at radius 3 is 3.10 bits per heavy atom. The highest BCUT2D eigenvalue weighted by atomic mass is 16.5. The molecular formula is C15H15N3O2. The number of imidazole rings is 1. The molecule has 3 rings (SSSR count). The molecular weight excluding hydrogens is 254 g/mol. The maximum Gasteiger partial charge on any atom is 0.162 e. The first-order chi connectivity index (χ1) is 9.78. The molecule has 2 aromatic rings.